The van der Waals surface area contributed by atoms with Crippen molar-refractivity contribution in [1.29, 1.82) is 0 Å². The van der Waals surface area contributed by atoms with Gasteiger partial charge in [0.1, 0.15) is 42.6 Å². The van der Waals surface area contributed by atoms with Crippen LogP contribution in [-0.2, 0) is 53.3 Å². The van der Waals surface area contributed by atoms with E-state index in [1.165, 1.54) is 0 Å². The van der Waals surface area contributed by atoms with Gasteiger partial charge in [0.25, 0.3) is 40.5 Å². The monoisotopic (exact) mass is 1080 g/mol. The van der Waals surface area contributed by atoms with E-state index in [0.717, 1.165) is 78.9 Å². The van der Waals surface area contributed by atoms with E-state index in [0.29, 0.717) is 6.07 Å². The van der Waals surface area contributed by atoms with E-state index in [1.54, 1.807) is 0 Å². The molecule has 0 aliphatic carbocycles. The summed E-state index contributed by atoms with van der Waals surface area (Å²) in [6, 6.07) is 12.4. The lowest BCUT2D eigenvalue weighted by Gasteiger charge is -2.12. The van der Waals surface area contributed by atoms with E-state index >= 15 is 0 Å². The molecule has 1 heterocycles. The molecule has 0 fully saturated rings. The van der Waals surface area contributed by atoms with Gasteiger partial charge in [-0.1, -0.05) is 24.3 Å². The van der Waals surface area contributed by atoms with Gasteiger partial charge in [-0.15, -0.1) is 10.2 Å². The highest BCUT2D eigenvalue weighted by molar-refractivity contribution is 7.87. The third kappa shape index (κ3) is 11.3. The number of nitrogens with zero attached hydrogens (tertiary/aromatic N) is 6. The Kier molecular flexibility index (Phi) is 13.7. The molecular formula is C41H27N7O21S4. The highest BCUT2D eigenvalue weighted by Crippen LogP contribution is 2.37. The van der Waals surface area contributed by atoms with E-state index in [-0.39, 0.29) is 21.9 Å². The van der Waals surface area contributed by atoms with Crippen LogP contribution in [0.4, 0.5) is 22.7 Å². The lowest BCUT2D eigenvalue weighted by atomic mass is 9.98. The fourth-order valence-electron chi connectivity index (χ4n) is 7.29. The molecule has 0 saturated heterocycles. The van der Waals surface area contributed by atoms with Crippen LogP contribution in [0.5, 0.6) is 0 Å². The van der Waals surface area contributed by atoms with E-state index in [1.807, 2.05) is 0 Å². The first-order valence-corrected chi connectivity index (χ1v) is 25.3. The lowest BCUT2D eigenvalue weighted by molar-refractivity contribution is 0.0681. The predicted octanol–water partition coefficient (Wildman–Crippen LogP) is 5.26. The van der Waals surface area contributed by atoms with Crippen LogP contribution in [0.2, 0.25) is 0 Å². The van der Waals surface area contributed by atoms with Gasteiger partial charge in [0, 0.05) is 34.4 Å². The van der Waals surface area contributed by atoms with Crippen molar-refractivity contribution in [2.75, 3.05) is 0 Å². The van der Waals surface area contributed by atoms with Crippen LogP contribution in [-0.4, -0.2) is 111 Å². The smallest absolute Gasteiger partial charge is 0.348 e. The maximum absolute atomic E-state index is 12.8. The number of H-pyrrole nitrogens is 1. The number of carboxylic acid groups (broad SMARTS) is 4. The second-order valence-electron chi connectivity index (χ2n) is 15.0. The van der Waals surface area contributed by atoms with Crippen LogP contribution in [0.15, 0.2) is 130 Å². The summed E-state index contributed by atoms with van der Waals surface area (Å²) < 4.78 is 137. The van der Waals surface area contributed by atoms with Gasteiger partial charge in [0.05, 0.1) is 33.6 Å². The van der Waals surface area contributed by atoms with Crippen LogP contribution < -0.4 is 5.69 Å². The molecule has 7 aromatic rings. The average Bonchev–Trinajstić information content (AvgIpc) is 3.27. The molecule has 0 spiro atoms. The van der Waals surface area contributed by atoms with Crippen LogP contribution >= 0.6 is 0 Å². The summed E-state index contributed by atoms with van der Waals surface area (Å²) in [5.41, 5.74) is -7.15. The number of fused-ring (bicyclic) bond motifs is 2. The number of hydrogen-bond donors (Lipinski definition) is 9. The Morgan fingerprint density at radius 3 is 1.21 bits per heavy atom. The number of hydrogen-bond acceptors (Lipinski definition) is 19. The fraction of sp³-hybridized carbons (Fsp3) is 0.0488. The van der Waals surface area contributed by atoms with Crippen molar-refractivity contribution in [2.45, 2.75) is 32.4 Å². The molecule has 0 saturated carbocycles. The molecule has 9 N–H and O–H groups in total. The van der Waals surface area contributed by atoms with Gasteiger partial charge in [-0.05, 0) is 71.8 Å². The molecule has 0 aliphatic heterocycles. The number of aromatic amines is 1. The van der Waals surface area contributed by atoms with Gasteiger partial charge in [-0.25, -0.2) is 29.0 Å². The van der Waals surface area contributed by atoms with Crippen molar-refractivity contribution in [2.24, 2.45) is 20.5 Å². The largest absolute Gasteiger partial charge is 0.478 e. The Hall–Kier alpha value is -8.63. The van der Waals surface area contributed by atoms with Crippen LogP contribution in [0.1, 0.15) is 64.2 Å². The SMILES string of the molecule is O=C(O)c1cc(N=Nc2cc(S(=O)(=O)O)c3cccc(S(=O)(=O)O)c3c2)c(C(=O)O)cc1Cc1nc(Cc2cc(C(=O)O)c(N=Nc3cc(S(=O)(=O)O)c4cccc(S(=O)(=O)O)c4c3)cc2C(=O)O)[nH]c(=O)n1. The number of carboxylic acids is 4. The van der Waals surface area contributed by atoms with Gasteiger partial charge in [-0.2, -0.15) is 48.9 Å². The maximum atomic E-state index is 12.8. The highest BCUT2D eigenvalue weighted by atomic mass is 32.2. The molecule has 7 rings (SSSR count). The van der Waals surface area contributed by atoms with Crippen LogP contribution in [0.25, 0.3) is 21.5 Å². The lowest BCUT2D eigenvalue weighted by Crippen LogP contribution is -2.20. The molecule has 0 aliphatic rings. The van der Waals surface area contributed by atoms with Crippen molar-refractivity contribution in [1.82, 2.24) is 15.0 Å². The summed E-state index contributed by atoms with van der Waals surface area (Å²) in [6.45, 7) is 0. The molecule has 0 atom stereocenters. The predicted molar refractivity (Wildman–Crippen MR) is 244 cm³/mol. The first-order valence-electron chi connectivity index (χ1n) is 19.5. The normalized spacial score (nSPS) is 12.5. The molecule has 0 unspecified atom stereocenters. The molecule has 0 bridgehead atoms. The average molecular weight is 1080 g/mol. The van der Waals surface area contributed by atoms with E-state index in [2.05, 4.69) is 35.4 Å². The Balaban J connectivity index is 1.25. The zero-order valence-electron chi connectivity index (χ0n) is 35.7. The Morgan fingerprint density at radius 1 is 0.452 bits per heavy atom. The molecule has 0 amide bonds. The Bertz CT molecular complexity index is 3930. The standard InChI is InChI=1S/C41H27N7O21S4/c49-37(50)23-15-29(47-45-19-11-25-21(33(13-19)72(64,65)66)3-1-5-31(25)70(58,59)60)27(39(53)54)7-17(23)9-35-42-36(44-41(57)43-35)10-18-8-28(40(55)56)30(16-24(18)38(51)52)48-46-20-12-26-22(34(14-20)73(67,68)69)4-2-6-32(26)71(61,62)63/h1-8,11-16H,9-10H2,(H,49,50)(H,51,52)(H,53,54)(H,55,56)(H,58,59,60)(H,61,62,63)(H,64,65,66)(H,67,68,69)(H,42,43,44,57). The Morgan fingerprint density at radius 2 is 0.836 bits per heavy atom. The number of carbonyl (C=O) groups is 4. The van der Waals surface area contributed by atoms with E-state index in [9.17, 15) is 96.3 Å². The quantitative estimate of drug-likeness (QED) is 0.0440. The van der Waals surface area contributed by atoms with E-state index < -0.39 is 170 Å². The summed E-state index contributed by atoms with van der Waals surface area (Å²) in [5, 5.41) is 53.8. The molecule has 73 heavy (non-hydrogen) atoms. The third-order valence-electron chi connectivity index (χ3n) is 10.3. The highest BCUT2D eigenvalue weighted by Gasteiger charge is 2.26. The summed E-state index contributed by atoms with van der Waals surface area (Å²) in [6.07, 6.45) is -1.40. The third-order valence-corrected chi connectivity index (χ3v) is 13.9. The van der Waals surface area contributed by atoms with Gasteiger partial charge < -0.3 is 20.4 Å². The van der Waals surface area contributed by atoms with Crippen LogP contribution in [0.3, 0.4) is 0 Å². The van der Waals surface area contributed by atoms with Crippen molar-refractivity contribution in [3.8, 4) is 0 Å². The molecular weight excluding hydrogens is 1050 g/mol. The minimum Gasteiger partial charge on any atom is -0.478 e. The minimum absolute atomic E-state index is 0.347. The van der Waals surface area contributed by atoms with Gasteiger partial charge in [0.15, 0.2) is 0 Å². The topological polar surface area (TPSA) is 475 Å². The first-order chi connectivity index (χ1) is 33.9. The van der Waals surface area contributed by atoms with E-state index in [4.69, 9.17) is 0 Å². The molecule has 376 valence electrons. The Labute approximate surface area is 406 Å². The number of aromatic nitrogens is 3. The zero-order valence-corrected chi connectivity index (χ0v) is 39.0. The van der Waals surface area contributed by atoms with Crippen LogP contribution in [0, 0.1) is 0 Å². The number of rotatable bonds is 16. The zero-order chi connectivity index (χ0) is 53.7. The minimum atomic E-state index is -5.12. The second kappa shape index (κ2) is 19.2. The van der Waals surface area contributed by atoms with Crippen molar-refractivity contribution < 1.29 is 91.5 Å². The summed E-state index contributed by atoms with van der Waals surface area (Å²) in [4.78, 5) is 69.5. The van der Waals surface area contributed by atoms with Gasteiger partial charge in [0.2, 0.25) is 0 Å². The number of nitrogens with one attached hydrogen (secondary N) is 1. The molecule has 1 aromatic heterocycles. The maximum Gasteiger partial charge on any atom is 0.348 e. The summed E-state index contributed by atoms with van der Waals surface area (Å²) in [5.74, 6) is -7.78. The summed E-state index contributed by atoms with van der Waals surface area (Å²) >= 11 is 0. The molecule has 6 aromatic carbocycles. The number of aromatic carboxylic acids is 4. The molecule has 32 heteroatoms. The van der Waals surface area contributed by atoms with Crippen molar-refractivity contribution in [3.63, 3.8) is 0 Å². The molecule has 28 nitrogen and oxygen atoms in total. The van der Waals surface area contributed by atoms with Crippen molar-refractivity contribution >= 4 is 109 Å². The number of azo groups is 2. The van der Waals surface area contributed by atoms with Gasteiger partial charge in [-0.3, -0.25) is 23.2 Å². The van der Waals surface area contributed by atoms with Crippen molar-refractivity contribution in [3.05, 3.63) is 140 Å². The molecule has 0 radical (unpaired) electrons. The fourth-order valence-corrected chi connectivity index (χ4v) is 10.1. The van der Waals surface area contributed by atoms with Gasteiger partial charge >= 0.3 is 29.6 Å². The second-order valence-corrected chi connectivity index (χ2v) is 20.6. The summed E-state index contributed by atoms with van der Waals surface area (Å²) in [7, 11) is -20.2. The first kappa shape index (κ1) is 52.2. The number of benzene rings is 6.